The fourth-order valence-electron chi connectivity index (χ4n) is 1.90. The van der Waals surface area contributed by atoms with Crippen LogP contribution in [0.1, 0.15) is 37.2 Å². The molecule has 17 heavy (non-hydrogen) atoms. The van der Waals surface area contributed by atoms with Crippen molar-refractivity contribution in [2.45, 2.75) is 32.7 Å². The molecule has 1 atom stereocenters. The van der Waals surface area contributed by atoms with Gasteiger partial charge < -0.3 is 11.1 Å². The molecule has 5 heteroatoms. The molecule has 0 saturated carbocycles. The Balaban J connectivity index is 2.43. The molecular weight excluding hydrogens is 216 g/mol. The molecule has 96 valence electrons. The standard InChI is InChI=1S/C12H22N4O/c1-4-9(5-2)10(13)8-14-12(17)11-6-7-16(3)15-11/h6-7,9-10H,4-5,8,13H2,1-3H3,(H,14,17). The lowest BCUT2D eigenvalue weighted by Crippen LogP contribution is -2.41. The van der Waals surface area contributed by atoms with E-state index < -0.39 is 0 Å². The molecule has 0 aromatic carbocycles. The molecule has 0 fully saturated rings. The van der Waals surface area contributed by atoms with Gasteiger partial charge in [-0.25, -0.2) is 0 Å². The van der Waals surface area contributed by atoms with E-state index in [2.05, 4.69) is 24.3 Å². The van der Waals surface area contributed by atoms with Gasteiger partial charge in [0, 0.05) is 25.8 Å². The number of aromatic nitrogens is 2. The molecule has 0 aliphatic carbocycles. The number of carbonyl (C=O) groups is 1. The maximum Gasteiger partial charge on any atom is 0.271 e. The highest BCUT2D eigenvalue weighted by Crippen LogP contribution is 2.10. The molecule has 0 aliphatic rings. The van der Waals surface area contributed by atoms with Gasteiger partial charge >= 0.3 is 0 Å². The zero-order valence-electron chi connectivity index (χ0n) is 10.8. The molecule has 1 aromatic rings. The summed E-state index contributed by atoms with van der Waals surface area (Å²) in [6.45, 7) is 4.74. The number of nitrogens with two attached hydrogens (primary N) is 1. The molecule has 1 rings (SSSR count). The predicted octanol–water partition coefficient (Wildman–Crippen LogP) is 0.913. The highest BCUT2D eigenvalue weighted by molar-refractivity contribution is 5.92. The third kappa shape index (κ3) is 3.85. The minimum Gasteiger partial charge on any atom is -0.349 e. The van der Waals surface area contributed by atoms with Crippen LogP contribution in [0.5, 0.6) is 0 Å². The minimum atomic E-state index is -0.160. The molecule has 1 amide bonds. The molecule has 3 N–H and O–H groups in total. The second-order valence-electron chi connectivity index (χ2n) is 4.33. The van der Waals surface area contributed by atoms with Crippen LogP contribution in [-0.4, -0.2) is 28.3 Å². The maximum absolute atomic E-state index is 11.7. The van der Waals surface area contributed by atoms with E-state index in [4.69, 9.17) is 5.73 Å². The van der Waals surface area contributed by atoms with Gasteiger partial charge in [-0.2, -0.15) is 5.10 Å². The first-order valence-corrected chi connectivity index (χ1v) is 6.11. The van der Waals surface area contributed by atoms with Crippen LogP contribution in [0, 0.1) is 5.92 Å². The van der Waals surface area contributed by atoms with Crippen LogP contribution in [0.15, 0.2) is 12.3 Å². The summed E-state index contributed by atoms with van der Waals surface area (Å²) in [5.41, 5.74) is 6.46. The lowest BCUT2D eigenvalue weighted by molar-refractivity contribution is 0.0942. The molecule has 5 nitrogen and oxygen atoms in total. The summed E-state index contributed by atoms with van der Waals surface area (Å²) in [7, 11) is 1.78. The Morgan fingerprint density at radius 2 is 2.18 bits per heavy atom. The van der Waals surface area contributed by atoms with Crippen LogP contribution < -0.4 is 11.1 Å². The number of rotatable bonds is 6. The van der Waals surface area contributed by atoms with Gasteiger partial charge in [0.15, 0.2) is 0 Å². The Morgan fingerprint density at radius 3 is 2.65 bits per heavy atom. The van der Waals surface area contributed by atoms with E-state index in [1.54, 1.807) is 24.0 Å². The van der Waals surface area contributed by atoms with Crippen molar-refractivity contribution in [3.63, 3.8) is 0 Å². The Bertz CT molecular complexity index is 357. The first-order chi connectivity index (χ1) is 8.08. The van der Waals surface area contributed by atoms with Crippen molar-refractivity contribution in [1.29, 1.82) is 0 Å². The topological polar surface area (TPSA) is 72.9 Å². The fourth-order valence-corrected chi connectivity index (χ4v) is 1.90. The van der Waals surface area contributed by atoms with Crippen molar-refractivity contribution in [2.75, 3.05) is 6.54 Å². The second-order valence-corrected chi connectivity index (χ2v) is 4.33. The van der Waals surface area contributed by atoms with E-state index in [1.807, 2.05) is 0 Å². The molecule has 0 radical (unpaired) electrons. The smallest absolute Gasteiger partial charge is 0.271 e. The highest BCUT2D eigenvalue weighted by atomic mass is 16.1. The Kier molecular flexibility index (Phi) is 5.15. The number of amides is 1. The summed E-state index contributed by atoms with van der Waals surface area (Å²) in [6.07, 6.45) is 3.82. The number of hydrogen-bond acceptors (Lipinski definition) is 3. The lowest BCUT2D eigenvalue weighted by atomic mass is 9.95. The number of carbonyl (C=O) groups excluding carboxylic acids is 1. The summed E-state index contributed by atoms with van der Waals surface area (Å²) in [5, 5.41) is 6.86. The summed E-state index contributed by atoms with van der Waals surface area (Å²) in [4.78, 5) is 11.7. The SMILES string of the molecule is CCC(CC)C(N)CNC(=O)c1ccn(C)n1. The quantitative estimate of drug-likeness (QED) is 0.774. The Hall–Kier alpha value is -1.36. The van der Waals surface area contributed by atoms with E-state index in [0.717, 1.165) is 12.8 Å². The molecule has 0 aliphatic heterocycles. The maximum atomic E-state index is 11.7. The van der Waals surface area contributed by atoms with Crippen LogP contribution in [-0.2, 0) is 7.05 Å². The minimum absolute atomic E-state index is 0.0117. The number of aryl methyl sites for hydroxylation is 1. The van der Waals surface area contributed by atoms with Gasteiger partial charge in [0.2, 0.25) is 0 Å². The molecular formula is C12H22N4O. The normalized spacial score (nSPS) is 12.8. The molecule has 1 aromatic heterocycles. The van der Waals surface area contributed by atoms with Gasteiger partial charge in [-0.1, -0.05) is 26.7 Å². The molecule has 1 heterocycles. The number of hydrogen-bond donors (Lipinski definition) is 2. The van der Waals surface area contributed by atoms with Gasteiger partial charge in [-0.05, 0) is 12.0 Å². The molecule has 1 unspecified atom stereocenters. The van der Waals surface area contributed by atoms with Crippen LogP contribution in [0.3, 0.4) is 0 Å². The largest absolute Gasteiger partial charge is 0.349 e. The molecule has 0 spiro atoms. The lowest BCUT2D eigenvalue weighted by Gasteiger charge is -2.21. The summed E-state index contributed by atoms with van der Waals surface area (Å²) in [5.74, 6) is 0.297. The summed E-state index contributed by atoms with van der Waals surface area (Å²) in [6, 6.07) is 1.70. The number of nitrogens with one attached hydrogen (secondary N) is 1. The van der Waals surface area contributed by atoms with E-state index in [0.29, 0.717) is 18.2 Å². The van der Waals surface area contributed by atoms with Crippen molar-refractivity contribution in [2.24, 2.45) is 18.7 Å². The van der Waals surface area contributed by atoms with Gasteiger partial charge in [0.05, 0.1) is 0 Å². The van der Waals surface area contributed by atoms with E-state index in [-0.39, 0.29) is 11.9 Å². The van der Waals surface area contributed by atoms with Crippen LogP contribution >= 0.6 is 0 Å². The van der Waals surface area contributed by atoms with Crippen molar-refractivity contribution in [3.05, 3.63) is 18.0 Å². The van der Waals surface area contributed by atoms with E-state index in [9.17, 15) is 4.79 Å². The van der Waals surface area contributed by atoms with Crippen molar-refractivity contribution in [3.8, 4) is 0 Å². The van der Waals surface area contributed by atoms with Gasteiger partial charge in [0.25, 0.3) is 5.91 Å². The van der Waals surface area contributed by atoms with E-state index >= 15 is 0 Å². The highest BCUT2D eigenvalue weighted by Gasteiger charge is 2.16. The van der Waals surface area contributed by atoms with Gasteiger partial charge in [-0.3, -0.25) is 9.48 Å². The average molecular weight is 238 g/mol. The van der Waals surface area contributed by atoms with Crippen molar-refractivity contribution < 1.29 is 4.79 Å². The average Bonchev–Trinajstić information content (AvgIpc) is 2.74. The first-order valence-electron chi connectivity index (χ1n) is 6.11. The zero-order chi connectivity index (χ0) is 12.8. The monoisotopic (exact) mass is 238 g/mol. The molecule has 0 saturated heterocycles. The van der Waals surface area contributed by atoms with Crippen LogP contribution in [0.2, 0.25) is 0 Å². The second kappa shape index (κ2) is 6.39. The van der Waals surface area contributed by atoms with Gasteiger partial charge in [0.1, 0.15) is 5.69 Å². The van der Waals surface area contributed by atoms with Crippen LogP contribution in [0.25, 0.3) is 0 Å². The Morgan fingerprint density at radius 1 is 1.53 bits per heavy atom. The third-order valence-electron chi connectivity index (χ3n) is 3.10. The summed E-state index contributed by atoms with van der Waals surface area (Å²) >= 11 is 0. The van der Waals surface area contributed by atoms with Crippen LogP contribution in [0.4, 0.5) is 0 Å². The molecule has 0 bridgehead atoms. The first kappa shape index (κ1) is 13.7. The number of nitrogens with zero attached hydrogens (tertiary/aromatic N) is 2. The van der Waals surface area contributed by atoms with E-state index in [1.165, 1.54) is 0 Å². The Labute approximate surface area is 102 Å². The summed E-state index contributed by atoms with van der Waals surface area (Å²) < 4.78 is 1.61. The van der Waals surface area contributed by atoms with Gasteiger partial charge in [-0.15, -0.1) is 0 Å². The fraction of sp³-hybridized carbons (Fsp3) is 0.667. The van der Waals surface area contributed by atoms with Crippen molar-refractivity contribution in [1.82, 2.24) is 15.1 Å². The zero-order valence-corrected chi connectivity index (χ0v) is 10.8. The van der Waals surface area contributed by atoms with Crippen molar-refractivity contribution >= 4 is 5.91 Å². The third-order valence-corrected chi connectivity index (χ3v) is 3.10. The predicted molar refractivity (Wildman–Crippen MR) is 67.6 cm³/mol.